The first kappa shape index (κ1) is 17.2. The molecular formula is C18H36N2O. The first-order valence-electron chi connectivity index (χ1n) is 8.84. The van der Waals surface area contributed by atoms with E-state index in [1.807, 2.05) is 7.11 Å². The van der Waals surface area contributed by atoms with E-state index >= 15 is 0 Å². The maximum Gasteiger partial charge on any atom is 0.0652 e. The molecule has 1 saturated heterocycles. The minimum atomic E-state index is 0.277. The molecule has 0 spiro atoms. The Labute approximate surface area is 131 Å². The van der Waals surface area contributed by atoms with Gasteiger partial charge < -0.3 is 10.1 Å². The SMILES string of the molecule is CCC(C)C1CN(C2CC(OC)C2(C)C)C(C(C)C)CN1. The van der Waals surface area contributed by atoms with Crippen molar-refractivity contribution in [2.75, 3.05) is 20.2 Å². The average Bonchev–Trinajstić information content (AvgIpc) is 2.45. The lowest BCUT2D eigenvalue weighted by Gasteiger charge is -2.60. The Balaban J connectivity index is 2.12. The van der Waals surface area contributed by atoms with E-state index in [9.17, 15) is 0 Å². The maximum atomic E-state index is 5.67. The molecule has 2 rings (SSSR count). The number of hydrogen-bond acceptors (Lipinski definition) is 3. The van der Waals surface area contributed by atoms with Gasteiger partial charge in [0.25, 0.3) is 0 Å². The zero-order valence-corrected chi connectivity index (χ0v) is 15.1. The van der Waals surface area contributed by atoms with Crippen molar-refractivity contribution >= 4 is 0 Å². The van der Waals surface area contributed by atoms with Gasteiger partial charge in [-0.2, -0.15) is 0 Å². The van der Waals surface area contributed by atoms with Gasteiger partial charge in [0.05, 0.1) is 6.10 Å². The van der Waals surface area contributed by atoms with Crippen molar-refractivity contribution in [1.82, 2.24) is 10.2 Å². The first-order chi connectivity index (χ1) is 9.82. The predicted molar refractivity (Wildman–Crippen MR) is 89.6 cm³/mol. The molecule has 0 radical (unpaired) electrons. The monoisotopic (exact) mass is 296 g/mol. The van der Waals surface area contributed by atoms with Crippen LogP contribution in [0.5, 0.6) is 0 Å². The van der Waals surface area contributed by atoms with Crippen LogP contribution >= 0.6 is 0 Å². The van der Waals surface area contributed by atoms with E-state index < -0.39 is 0 Å². The van der Waals surface area contributed by atoms with Crippen LogP contribution in [0.4, 0.5) is 0 Å². The third-order valence-corrected chi connectivity index (χ3v) is 6.33. The van der Waals surface area contributed by atoms with Crippen LogP contribution < -0.4 is 5.32 Å². The van der Waals surface area contributed by atoms with Crippen LogP contribution in [0.15, 0.2) is 0 Å². The minimum Gasteiger partial charge on any atom is -0.381 e. The standard InChI is InChI=1S/C18H36N2O/c1-8-13(4)14-11-20(15(10-19-14)12(2)3)16-9-17(21-7)18(16,5)6/h12-17,19H,8-11H2,1-7H3. The van der Waals surface area contributed by atoms with Crippen LogP contribution in [0.1, 0.15) is 54.4 Å². The van der Waals surface area contributed by atoms with Gasteiger partial charge in [0.1, 0.15) is 0 Å². The number of rotatable bonds is 5. The smallest absolute Gasteiger partial charge is 0.0652 e. The molecule has 0 aromatic heterocycles. The van der Waals surface area contributed by atoms with Crippen LogP contribution in [0.25, 0.3) is 0 Å². The summed E-state index contributed by atoms with van der Waals surface area (Å²) in [6.45, 7) is 16.5. The van der Waals surface area contributed by atoms with E-state index in [0.717, 1.165) is 12.5 Å². The minimum absolute atomic E-state index is 0.277. The zero-order valence-electron chi connectivity index (χ0n) is 15.1. The van der Waals surface area contributed by atoms with E-state index in [1.165, 1.54) is 19.4 Å². The molecule has 5 atom stereocenters. The molecule has 1 heterocycles. The van der Waals surface area contributed by atoms with Crippen molar-refractivity contribution in [3.8, 4) is 0 Å². The van der Waals surface area contributed by atoms with E-state index in [0.29, 0.717) is 30.1 Å². The first-order valence-corrected chi connectivity index (χ1v) is 8.84. The molecule has 2 fully saturated rings. The lowest BCUT2D eigenvalue weighted by Crippen LogP contribution is -2.70. The highest BCUT2D eigenvalue weighted by molar-refractivity contribution is 5.07. The number of ether oxygens (including phenoxy) is 1. The van der Waals surface area contributed by atoms with Crippen molar-refractivity contribution in [2.24, 2.45) is 17.3 Å². The Morgan fingerprint density at radius 3 is 2.43 bits per heavy atom. The summed E-state index contributed by atoms with van der Waals surface area (Å²) in [7, 11) is 1.86. The zero-order chi connectivity index (χ0) is 15.8. The molecule has 1 N–H and O–H groups in total. The number of nitrogens with one attached hydrogen (secondary N) is 1. The fourth-order valence-corrected chi connectivity index (χ4v) is 4.29. The van der Waals surface area contributed by atoms with Gasteiger partial charge in [-0.1, -0.05) is 48.0 Å². The van der Waals surface area contributed by atoms with Crippen molar-refractivity contribution in [3.63, 3.8) is 0 Å². The van der Waals surface area contributed by atoms with Gasteiger partial charge in [0.15, 0.2) is 0 Å². The third-order valence-electron chi connectivity index (χ3n) is 6.33. The molecule has 0 aromatic carbocycles. The normalized spacial score (nSPS) is 38.3. The molecule has 1 aliphatic carbocycles. The molecule has 1 saturated carbocycles. The highest BCUT2D eigenvalue weighted by atomic mass is 16.5. The van der Waals surface area contributed by atoms with Gasteiger partial charge in [-0.15, -0.1) is 0 Å². The second-order valence-corrected chi connectivity index (χ2v) is 8.21. The van der Waals surface area contributed by atoms with Gasteiger partial charge in [-0.05, 0) is 18.3 Å². The van der Waals surface area contributed by atoms with Crippen LogP contribution in [0, 0.1) is 17.3 Å². The molecule has 5 unspecified atom stereocenters. The fourth-order valence-electron chi connectivity index (χ4n) is 4.29. The van der Waals surface area contributed by atoms with Gasteiger partial charge in [0, 0.05) is 43.7 Å². The van der Waals surface area contributed by atoms with Crippen molar-refractivity contribution < 1.29 is 4.74 Å². The lowest BCUT2D eigenvalue weighted by molar-refractivity contribution is -0.157. The van der Waals surface area contributed by atoms with E-state index in [4.69, 9.17) is 4.74 Å². The Hall–Kier alpha value is -0.120. The quantitative estimate of drug-likeness (QED) is 0.843. The van der Waals surface area contributed by atoms with E-state index in [2.05, 4.69) is 51.8 Å². The molecule has 0 amide bonds. The molecule has 2 aliphatic rings. The third kappa shape index (κ3) is 3.16. The van der Waals surface area contributed by atoms with Crippen molar-refractivity contribution in [2.45, 2.75) is 78.6 Å². The van der Waals surface area contributed by atoms with E-state index in [-0.39, 0.29) is 5.41 Å². The Morgan fingerprint density at radius 2 is 1.95 bits per heavy atom. The summed E-state index contributed by atoms with van der Waals surface area (Å²) in [6, 6.07) is 1.97. The molecule has 21 heavy (non-hydrogen) atoms. The van der Waals surface area contributed by atoms with Gasteiger partial charge in [-0.3, -0.25) is 4.90 Å². The Morgan fingerprint density at radius 1 is 1.29 bits per heavy atom. The van der Waals surface area contributed by atoms with Crippen LogP contribution in [0.3, 0.4) is 0 Å². The van der Waals surface area contributed by atoms with Crippen molar-refractivity contribution in [1.29, 1.82) is 0 Å². The van der Waals surface area contributed by atoms with Crippen molar-refractivity contribution in [3.05, 3.63) is 0 Å². The predicted octanol–water partition coefficient (Wildman–Crippen LogP) is 3.14. The molecule has 3 nitrogen and oxygen atoms in total. The van der Waals surface area contributed by atoms with Gasteiger partial charge in [-0.25, -0.2) is 0 Å². The molecule has 0 bridgehead atoms. The number of piperazine rings is 1. The van der Waals surface area contributed by atoms with E-state index in [1.54, 1.807) is 0 Å². The summed E-state index contributed by atoms with van der Waals surface area (Å²) in [4.78, 5) is 2.81. The number of hydrogen-bond donors (Lipinski definition) is 1. The number of methoxy groups -OCH3 is 1. The Kier molecular flexibility index (Phi) is 5.38. The highest BCUT2D eigenvalue weighted by Crippen LogP contribution is 2.47. The summed E-state index contributed by atoms with van der Waals surface area (Å²) in [5.74, 6) is 1.45. The molecular weight excluding hydrogens is 260 g/mol. The topological polar surface area (TPSA) is 24.5 Å². The van der Waals surface area contributed by atoms with Crippen LogP contribution in [-0.2, 0) is 4.74 Å². The molecule has 1 aliphatic heterocycles. The second-order valence-electron chi connectivity index (χ2n) is 8.21. The van der Waals surface area contributed by atoms with Crippen LogP contribution in [0.2, 0.25) is 0 Å². The molecule has 0 aromatic rings. The highest BCUT2D eigenvalue weighted by Gasteiger charge is 2.53. The van der Waals surface area contributed by atoms with Gasteiger partial charge in [0.2, 0.25) is 0 Å². The molecule has 124 valence electrons. The van der Waals surface area contributed by atoms with Gasteiger partial charge >= 0.3 is 0 Å². The maximum absolute atomic E-state index is 5.67. The fraction of sp³-hybridized carbons (Fsp3) is 1.00. The average molecular weight is 296 g/mol. The van der Waals surface area contributed by atoms with Crippen LogP contribution in [-0.4, -0.2) is 49.3 Å². The summed E-state index contributed by atoms with van der Waals surface area (Å²) >= 11 is 0. The Bertz CT molecular complexity index is 342. The summed E-state index contributed by atoms with van der Waals surface area (Å²) in [6.07, 6.45) is 2.87. The lowest BCUT2D eigenvalue weighted by atomic mass is 9.63. The number of nitrogens with zero attached hydrogens (tertiary/aromatic N) is 1. The second kappa shape index (κ2) is 6.55. The largest absolute Gasteiger partial charge is 0.381 e. The summed E-state index contributed by atoms with van der Waals surface area (Å²) < 4.78 is 5.67. The summed E-state index contributed by atoms with van der Waals surface area (Å²) in [5.41, 5.74) is 0.277. The molecule has 3 heteroatoms. The summed E-state index contributed by atoms with van der Waals surface area (Å²) in [5, 5.41) is 3.81.